The average Bonchev–Trinajstić information content (AvgIpc) is 2.96. The second kappa shape index (κ2) is 5.85. The topological polar surface area (TPSA) is 50.9 Å². The van der Waals surface area contributed by atoms with Crippen molar-refractivity contribution in [1.82, 2.24) is 15.0 Å². The van der Waals surface area contributed by atoms with Crippen molar-refractivity contribution in [2.45, 2.75) is 52.7 Å². The fraction of sp³-hybridized carbons (Fsp3) is 0.500. The van der Waals surface area contributed by atoms with Gasteiger partial charge in [-0.2, -0.15) is 15.0 Å². The predicted octanol–water partition coefficient (Wildman–Crippen LogP) is 4.29. The zero-order valence-electron chi connectivity index (χ0n) is 15.2. The van der Waals surface area contributed by atoms with Crippen LogP contribution in [0.4, 0.5) is 0 Å². The van der Waals surface area contributed by atoms with Gasteiger partial charge in [-0.15, -0.1) is 0 Å². The Labute approximate surface area is 143 Å². The summed E-state index contributed by atoms with van der Waals surface area (Å²) in [6.45, 7) is 10.7. The van der Waals surface area contributed by atoms with E-state index in [-0.39, 0.29) is 17.4 Å². The monoisotopic (exact) mass is 325 g/mol. The number of hydrogen-bond donors (Lipinski definition) is 1. The van der Waals surface area contributed by atoms with E-state index in [1.54, 1.807) is 4.80 Å². The second-order valence-electron chi connectivity index (χ2n) is 7.86. The molecule has 1 aromatic heterocycles. The molecule has 0 bridgehead atoms. The van der Waals surface area contributed by atoms with Crippen molar-refractivity contribution in [2.24, 2.45) is 11.3 Å². The van der Waals surface area contributed by atoms with Gasteiger partial charge >= 0.3 is 0 Å². The fourth-order valence-electron chi connectivity index (χ4n) is 3.22. The highest BCUT2D eigenvalue weighted by molar-refractivity contribution is 5.73. The lowest BCUT2D eigenvalue weighted by Gasteiger charge is -2.40. The predicted molar refractivity (Wildman–Crippen MR) is 97.6 cm³/mol. The van der Waals surface area contributed by atoms with E-state index >= 15 is 0 Å². The van der Waals surface area contributed by atoms with E-state index in [0.29, 0.717) is 0 Å². The van der Waals surface area contributed by atoms with E-state index in [4.69, 9.17) is 0 Å². The SMILES string of the molecule is CCC(C)C1(O)C=CC(C(C)(C)C)=CC1n1nc2ccccc2n1. The first-order valence-corrected chi connectivity index (χ1v) is 8.71. The molecule has 0 fully saturated rings. The molecule has 3 atom stereocenters. The van der Waals surface area contributed by atoms with Crippen LogP contribution in [-0.2, 0) is 0 Å². The van der Waals surface area contributed by atoms with Gasteiger partial charge in [0.2, 0.25) is 0 Å². The van der Waals surface area contributed by atoms with Crippen molar-refractivity contribution in [3.8, 4) is 0 Å². The van der Waals surface area contributed by atoms with Crippen LogP contribution in [0.3, 0.4) is 0 Å². The van der Waals surface area contributed by atoms with Crippen LogP contribution < -0.4 is 0 Å². The summed E-state index contributed by atoms with van der Waals surface area (Å²) < 4.78 is 0. The van der Waals surface area contributed by atoms with Gasteiger partial charge < -0.3 is 5.11 Å². The molecule has 0 spiro atoms. The van der Waals surface area contributed by atoms with Gasteiger partial charge in [0.25, 0.3) is 0 Å². The number of nitrogens with zero attached hydrogens (tertiary/aromatic N) is 3. The van der Waals surface area contributed by atoms with Crippen molar-refractivity contribution in [2.75, 3.05) is 0 Å². The van der Waals surface area contributed by atoms with Crippen molar-refractivity contribution in [3.05, 3.63) is 48.1 Å². The van der Waals surface area contributed by atoms with Gasteiger partial charge in [-0.25, -0.2) is 0 Å². The normalized spacial score (nSPS) is 25.8. The summed E-state index contributed by atoms with van der Waals surface area (Å²) in [5.74, 6) is 0.102. The van der Waals surface area contributed by atoms with Crippen LogP contribution in [0.15, 0.2) is 48.1 Å². The van der Waals surface area contributed by atoms with E-state index in [2.05, 4.69) is 57.0 Å². The van der Waals surface area contributed by atoms with Gasteiger partial charge in [-0.1, -0.05) is 71.4 Å². The highest BCUT2D eigenvalue weighted by Gasteiger charge is 2.43. The minimum Gasteiger partial charge on any atom is -0.383 e. The van der Waals surface area contributed by atoms with Gasteiger partial charge in [0.15, 0.2) is 0 Å². The lowest BCUT2D eigenvalue weighted by Crippen LogP contribution is -2.45. The molecule has 0 radical (unpaired) electrons. The molecule has 1 heterocycles. The molecule has 2 aromatic rings. The Morgan fingerprint density at radius 1 is 1.21 bits per heavy atom. The Morgan fingerprint density at radius 2 is 1.79 bits per heavy atom. The number of rotatable bonds is 3. The van der Waals surface area contributed by atoms with E-state index in [9.17, 15) is 5.11 Å². The summed E-state index contributed by atoms with van der Waals surface area (Å²) in [6, 6.07) is 7.51. The van der Waals surface area contributed by atoms with E-state index in [1.165, 1.54) is 5.57 Å². The number of aromatic nitrogens is 3. The highest BCUT2D eigenvalue weighted by Crippen LogP contribution is 2.41. The van der Waals surface area contributed by atoms with Gasteiger partial charge in [0.05, 0.1) is 0 Å². The first-order valence-electron chi connectivity index (χ1n) is 8.71. The van der Waals surface area contributed by atoms with E-state index < -0.39 is 5.60 Å². The van der Waals surface area contributed by atoms with Gasteiger partial charge in [0.1, 0.15) is 22.7 Å². The molecule has 24 heavy (non-hydrogen) atoms. The molecule has 0 amide bonds. The van der Waals surface area contributed by atoms with Crippen LogP contribution in [0.25, 0.3) is 11.0 Å². The third-order valence-corrected chi connectivity index (χ3v) is 5.16. The molecule has 1 aliphatic rings. The summed E-state index contributed by atoms with van der Waals surface area (Å²) in [5.41, 5.74) is 1.92. The maximum absolute atomic E-state index is 11.4. The molecule has 3 unspecified atom stereocenters. The summed E-state index contributed by atoms with van der Waals surface area (Å²) >= 11 is 0. The maximum atomic E-state index is 11.4. The third-order valence-electron chi connectivity index (χ3n) is 5.16. The van der Waals surface area contributed by atoms with Crippen molar-refractivity contribution >= 4 is 11.0 Å². The zero-order valence-corrected chi connectivity index (χ0v) is 15.2. The van der Waals surface area contributed by atoms with E-state index in [0.717, 1.165) is 17.5 Å². The molecule has 4 heteroatoms. The van der Waals surface area contributed by atoms with Crippen molar-refractivity contribution in [3.63, 3.8) is 0 Å². The molecule has 1 N–H and O–H groups in total. The molecular formula is C20H27N3O. The first kappa shape index (κ1) is 16.9. The molecule has 1 aromatic carbocycles. The third kappa shape index (κ3) is 2.80. The molecule has 0 saturated heterocycles. The maximum Gasteiger partial charge on any atom is 0.123 e. The lowest BCUT2D eigenvalue weighted by atomic mass is 9.73. The second-order valence-corrected chi connectivity index (χ2v) is 7.86. The summed E-state index contributed by atoms with van der Waals surface area (Å²) in [5, 5.41) is 20.7. The van der Waals surface area contributed by atoms with Gasteiger partial charge in [0, 0.05) is 0 Å². The molecule has 1 aliphatic carbocycles. The van der Waals surface area contributed by atoms with Gasteiger partial charge in [-0.05, 0) is 29.0 Å². The smallest absolute Gasteiger partial charge is 0.123 e. The van der Waals surface area contributed by atoms with Crippen LogP contribution >= 0.6 is 0 Å². The Morgan fingerprint density at radius 3 is 2.29 bits per heavy atom. The van der Waals surface area contributed by atoms with Crippen LogP contribution in [-0.4, -0.2) is 25.7 Å². The van der Waals surface area contributed by atoms with Crippen molar-refractivity contribution in [1.29, 1.82) is 0 Å². The molecule has 128 valence electrons. The Balaban J connectivity index is 2.13. The summed E-state index contributed by atoms with van der Waals surface area (Å²) in [6.07, 6.45) is 7.02. The average molecular weight is 325 g/mol. The number of allylic oxidation sites excluding steroid dienone is 2. The Hall–Kier alpha value is -1.94. The van der Waals surface area contributed by atoms with Crippen LogP contribution in [0.1, 0.15) is 47.1 Å². The highest BCUT2D eigenvalue weighted by atomic mass is 16.3. The number of aliphatic hydroxyl groups is 1. The van der Waals surface area contributed by atoms with Crippen LogP contribution in [0, 0.1) is 11.3 Å². The quantitative estimate of drug-likeness (QED) is 0.916. The minimum atomic E-state index is -0.988. The minimum absolute atomic E-state index is 0.0120. The summed E-state index contributed by atoms with van der Waals surface area (Å²) in [4.78, 5) is 1.69. The molecule has 0 saturated carbocycles. The molecule has 0 aliphatic heterocycles. The van der Waals surface area contributed by atoms with Gasteiger partial charge in [-0.3, -0.25) is 0 Å². The molecule has 4 nitrogen and oxygen atoms in total. The van der Waals surface area contributed by atoms with Crippen molar-refractivity contribution < 1.29 is 5.11 Å². The number of benzene rings is 1. The fourth-order valence-corrected chi connectivity index (χ4v) is 3.22. The van der Waals surface area contributed by atoms with E-state index in [1.807, 2.05) is 30.3 Å². The first-order chi connectivity index (χ1) is 11.3. The number of hydrogen-bond acceptors (Lipinski definition) is 3. The Bertz CT molecular complexity index is 764. The lowest BCUT2D eigenvalue weighted by molar-refractivity contribution is -0.00948. The van der Waals surface area contributed by atoms with Crippen LogP contribution in [0.5, 0.6) is 0 Å². The zero-order chi connectivity index (χ0) is 17.5. The largest absolute Gasteiger partial charge is 0.383 e. The molecular weight excluding hydrogens is 298 g/mol. The summed E-state index contributed by atoms with van der Waals surface area (Å²) in [7, 11) is 0. The van der Waals surface area contributed by atoms with Crippen LogP contribution in [0.2, 0.25) is 0 Å². The standard InChI is InChI=1S/C20H27N3O/c1-6-14(2)20(24)12-11-15(19(3,4)5)13-18(20)23-21-16-9-7-8-10-17(16)22-23/h7-14,18,24H,6H2,1-5H3. The Kier molecular flexibility index (Phi) is 4.12. The number of fused-ring (bicyclic) bond motifs is 1. The molecule has 3 rings (SSSR count).